The number of unbranched alkanes of at least 4 members (excludes halogenated alkanes) is 27. The highest BCUT2D eigenvalue weighted by molar-refractivity contribution is 5.70. The van der Waals surface area contributed by atoms with Crippen LogP contribution in [0.1, 0.15) is 232 Å². The summed E-state index contributed by atoms with van der Waals surface area (Å²) in [7, 11) is 0. The lowest BCUT2D eigenvalue weighted by atomic mass is 9.99. The fourth-order valence-electron chi connectivity index (χ4n) is 7.86. The summed E-state index contributed by atoms with van der Waals surface area (Å²) in [6, 6.07) is 0. The van der Waals surface area contributed by atoms with Gasteiger partial charge in [-0.2, -0.15) is 0 Å². The van der Waals surface area contributed by atoms with E-state index in [1.54, 1.807) is 0 Å². The molecule has 368 valence electrons. The van der Waals surface area contributed by atoms with E-state index in [0.717, 1.165) is 57.8 Å². The Morgan fingerprint density at radius 1 is 0.492 bits per heavy atom. The Hall–Kier alpha value is -2.08. The molecular formula is C53H96O10. The summed E-state index contributed by atoms with van der Waals surface area (Å²) in [5.74, 6) is -0.812. The summed E-state index contributed by atoms with van der Waals surface area (Å²) in [6.07, 6.45) is 44.4. The van der Waals surface area contributed by atoms with Crippen molar-refractivity contribution in [2.24, 2.45) is 0 Å². The third-order valence-electron chi connectivity index (χ3n) is 12.0. The van der Waals surface area contributed by atoms with E-state index < -0.39 is 49.4 Å². The van der Waals surface area contributed by atoms with Crippen molar-refractivity contribution in [1.82, 2.24) is 0 Å². The summed E-state index contributed by atoms with van der Waals surface area (Å²) >= 11 is 0. The van der Waals surface area contributed by atoms with E-state index in [0.29, 0.717) is 12.8 Å². The number of carbonyl (C=O) groups excluding carboxylic acids is 2. The van der Waals surface area contributed by atoms with Gasteiger partial charge >= 0.3 is 11.9 Å². The smallest absolute Gasteiger partial charge is 0.306 e. The first-order chi connectivity index (χ1) is 30.8. The highest BCUT2D eigenvalue weighted by Crippen LogP contribution is 2.23. The van der Waals surface area contributed by atoms with Crippen LogP contribution in [0.3, 0.4) is 0 Å². The van der Waals surface area contributed by atoms with E-state index >= 15 is 0 Å². The van der Waals surface area contributed by atoms with E-state index in [1.165, 1.54) is 135 Å². The van der Waals surface area contributed by atoms with Crippen LogP contribution in [0.15, 0.2) is 36.5 Å². The van der Waals surface area contributed by atoms with Gasteiger partial charge in [-0.15, -0.1) is 0 Å². The third kappa shape index (κ3) is 34.9. The molecule has 0 bridgehead atoms. The van der Waals surface area contributed by atoms with Gasteiger partial charge in [-0.05, 0) is 70.6 Å². The second-order valence-corrected chi connectivity index (χ2v) is 18.0. The molecule has 0 aliphatic carbocycles. The van der Waals surface area contributed by atoms with Gasteiger partial charge in [0.25, 0.3) is 0 Å². The van der Waals surface area contributed by atoms with E-state index in [9.17, 15) is 30.0 Å². The topological polar surface area (TPSA) is 152 Å². The Labute approximate surface area is 385 Å². The molecule has 0 aromatic carbocycles. The zero-order valence-corrected chi connectivity index (χ0v) is 40.3. The van der Waals surface area contributed by atoms with Crippen molar-refractivity contribution in [3.05, 3.63) is 36.5 Å². The van der Waals surface area contributed by atoms with Gasteiger partial charge in [0.2, 0.25) is 0 Å². The van der Waals surface area contributed by atoms with Crippen LogP contribution in [0.4, 0.5) is 0 Å². The minimum absolute atomic E-state index is 0.221. The summed E-state index contributed by atoms with van der Waals surface area (Å²) in [5, 5.41) is 40.2. The lowest BCUT2D eigenvalue weighted by Crippen LogP contribution is -2.59. The molecule has 1 heterocycles. The van der Waals surface area contributed by atoms with Crippen LogP contribution < -0.4 is 0 Å². The predicted molar refractivity (Wildman–Crippen MR) is 256 cm³/mol. The van der Waals surface area contributed by atoms with Crippen LogP contribution in [0, 0.1) is 0 Å². The quantitative estimate of drug-likeness (QED) is 0.0264. The summed E-state index contributed by atoms with van der Waals surface area (Å²) in [4.78, 5) is 25.4. The molecule has 0 spiro atoms. The first kappa shape index (κ1) is 58.9. The molecular weight excluding hydrogens is 797 g/mol. The molecule has 0 amide bonds. The molecule has 6 atom stereocenters. The van der Waals surface area contributed by atoms with E-state index in [4.69, 9.17) is 18.9 Å². The van der Waals surface area contributed by atoms with Gasteiger partial charge in [-0.25, -0.2) is 0 Å². The minimum atomic E-state index is -1.60. The maximum Gasteiger partial charge on any atom is 0.306 e. The van der Waals surface area contributed by atoms with Crippen LogP contribution >= 0.6 is 0 Å². The number of hydrogen-bond donors (Lipinski definition) is 4. The number of rotatable bonds is 44. The fraction of sp³-hybridized carbons (Fsp3) is 0.849. The normalized spacial score (nSPS) is 19.7. The molecule has 1 rings (SSSR count). The maximum atomic E-state index is 12.8. The van der Waals surface area contributed by atoms with Crippen molar-refractivity contribution < 1.29 is 49.0 Å². The number of esters is 2. The van der Waals surface area contributed by atoms with Crippen molar-refractivity contribution in [3.63, 3.8) is 0 Å². The van der Waals surface area contributed by atoms with Gasteiger partial charge in [-0.3, -0.25) is 9.59 Å². The van der Waals surface area contributed by atoms with Crippen LogP contribution in [0.5, 0.6) is 0 Å². The van der Waals surface area contributed by atoms with Gasteiger partial charge in [0.1, 0.15) is 31.0 Å². The zero-order chi connectivity index (χ0) is 45.9. The number of allylic oxidation sites excluding steroid dienone is 6. The number of carbonyl (C=O) groups is 2. The van der Waals surface area contributed by atoms with Crippen molar-refractivity contribution in [2.75, 3.05) is 19.8 Å². The summed E-state index contributed by atoms with van der Waals surface area (Å²) in [6.45, 7) is 3.42. The van der Waals surface area contributed by atoms with Gasteiger partial charge < -0.3 is 39.4 Å². The average Bonchev–Trinajstić information content (AvgIpc) is 3.28. The molecule has 10 nitrogen and oxygen atoms in total. The Morgan fingerprint density at radius 3 is 1.33 bits per heavy atom. The molecule has 6 unspecified atom stereocenters. The number of aliphatic hydroxyl groups is 4. The Kier molecular flexibility index (Phi) is 41.0. The lowest BCUT2D eigenvalue weighted by Gasteiger charge is -2.39. The predicted octanol–water partition coefficient (Wildman–Crippen LogP) is 12.2. The molecule has 1 aliphatic heterocycles. The molecule has 1 fully saturated rings. The summed E-state index contributed by atoms with van der Waals surface area (Å²) in [5.41, 5.74) is 0. The molecule has 4 N–H and O–H groups in total. The summed E-state index contributed by atoms with van der Waals surface area (Å²) < 4.78 is 22.2. The van der Waals surface area contributed by atoms with E-state index in [2.05, 4.69) is 50.3 Å². The van der Waals surface area contributed by atoms with E-state index in [-0.39, 0.29) is 32.0 Å². The number of aliphatic hydroxyl groups excluding tert-OH is 4. The maximum absolute atomic E-state index is 12.8. The van der Waals surface area contributed by atoms with E-state index in [1.807, 2.05) is 0 Å². The van der Waals surface area contributed by atoms with Crippen molar-refractivity contribution in [3.8, 4) is 0 Å². The molecule has 0 radical (unpaired) electrons. The van der Waals surface area contributed by atoms with Gasteiger partial charge in [0.15, 0.2) is 12.4 Å². The monoisotopic (exact) mass is 893 g/mol. The van der Waals surface area contributed by atoms with Crippen LogP contribution in [0.2, 0.25) is 0 Å². The Morgan fingerprint density at radius 2 is 0.889 bits per heavy atom. The molecule has 1 aliphatic rings. The number of ether oxygens (including phenoxy) is 4. The van der Waals surface area contributed by atoms with Gasteiger partial charge in [0, 0.05) is 12.8 Å². The lowest BCUT2D eigenvalue weighted by molar-refractivity contribution is -0.305. The highest BCUT2D eigenvalue weighted by atomic mass is 16.7. The second kappa shape index (κ2) is 43.8. The van der Waals surface area contributed by atoms with Crippen LogP contribution in [0.25, 0.3) is 0 Å². The van der Waals surface area contributed by atoms with Crippen LogP contribution in [-0.4, -0.2) is 89.0 Å². The molecule has 10 heteroatoms. The fourth-order valence-corrected chi connectivity index (χ4v) is 7.86. The van der Waals surface area contributed by atoms with Crippen molar-refractivity contribution >= 4 is 11.9 Å². The largest absolute Gasteiger partial charge is 0.462 e. The zero-order valence-electron chi connectivity index (χ0n) is 40.3. The van der Waals surface area contributed by atoms with Crippen molar-refractivity contribution in [2.45, 2.75) is 269 Å². The third-order valence-corrected chi connectivity index (χ3v) is 12.0. The number of hydrogen-bond acceptors (Lipinski definition) is 10. The SMILES string of the molecule is CCCCCCC/C=C\C/C=C\CCCCCCCCCCCCCC(=O)OC(COC(=O)CCCCCCC/C=C\CCCCCCCC)COC1OC(CO)C(O)C(O)C1O. The Bertz CT molecular complexity index is 1120. The molecule has 1 saturated heterocycles. The molecule has 63 heavy (non-hydrogen) atoms. The standard InChI is InChI=1S/C53H96O10/c1-3-5-7-9-11-13-15-17-19-20-21-22-23-24-25-26-28-30-32-34-36-38-40-42-49(56)62-46(45-61-53-52(59)51(58)50(57)47(43-54)63-53)44-60-48(55)41-39-37-35-33-31-29-27-18-16-14-12-10-8-6-4-2/h15,17-18,20-21,27,46-47,50-54,57-59H,3-14,16,19,22-26,28-45H2,1-2H3/b17-15-,21-20-,27-18-. The molecule has 0 saturated carbocycles. The average molecular weight is 893 g/mol. The highest BCUT2D eigenvalue weighted by Gasteiger charge is 2.44. The first-order valence-electron chi connectivity index (χ1n) is 26.1. The van der Waals surface area contributed by atoms with Gasteiger partial charge in [-0.1, -0.05) is 185 Å². The molecule has 0 aromatic rings. The first-order valence-corrected chi connectivity index (χ1v) is 26.1. The second-order valence-electron chi connectivity index (χ2n) is 18.0. The van der Waals surface area contributed by atoms with Crippen molar-refractivity contribution in [1.29, 1.82) is 0 Å². The Balaban J connectivity index is 2.25. The molecule has 0 aromatic heterocycles. The van der Waals surface area contributed by atoms with Crippen LogP contribution in [-0.2, 0) is 28.5 Å². The van der Waals surface area contributed by atoms with Gasteiger partial charge in [0.05, 0.1) is 13.2 Å². The minimum Gasteiger partial charge on any atom is -0.462 e.